The van der Waals surface area contributed by atoms with Crippen LogP contribution in [0.25, 0.3) is 11.1 Å². The first-order chi connectivity index (χ1) is 8.43. The Morgan fingerprint density at radius 3 is 1.94 bits per heavy atom. The van der Waals surface area contributed by atoms with Gasteiger partial charge < -0.3 is 15.3 Å². The molecule has 0 aromatic heterocycles. The molecule has 0 aliphatic carbocycles. The van der Waals surface area contributed by atoms with Gasteiger partial charge in [0.2, 0.25) is 5.75 Å². The summed E-state index contributed by atoms with van der Waals surface area (Å²) in [6.07, 6.45) is 0. The molecule has 0 aliphatic rings. The van der Waals surface area contributed by atoms with Crippen LogP contribution in [-0.4, -0.2) is 15.3 Å². The molecule has 3 heteroatoms. The predicted molar refractivity (Wildman–Crippen MR) is 71.1 cm³/mol. The molecule has 0 saturated heterocycles. The molecule has 3 nitrogen and oxygen atoms in total. The first-order valence-electron chi connectivity index (χ1n) is 5.74. The Labute approximate surface area is 106 Å². The molecule has 0 unspecified atom stereocenters. The largest absolute Gasteiger partial charge is 0.504 e. The maximum atomic E-state index is 9.91. The highest BCUT2D eigenvalue weighted by Crippen LogP contribution is 2.43. The average Bonchev–Trinajstić information content (AvgIpc) is 2.35. The van der Waals surface area contributed by atoms with Crippen molar-refractivity contribution in [1.29, 1.82) is 0 Å². The molecule has 0 aliphatic heterocycles. The summed E-state index contributed by atoms with van der Waals surface area (Å²) in [6, 6.07) is 6.85. The van der Waals surface area contributed by atoms with Gasteiger partial charge in [0.05, 0.1) is 0 Å². The minimum Gasteiger partial charge on any atom is -0.504 e. The molecule has 2 aromatic carbocycles. The van der Waals surface area contributed by atoms with Crippen LogP contribution in [0, 0.1) is 20.8 Å². The second-order valence-corrected chi connectivity index (χ2v) is 4.51. The number of phenolic OH excluding ortho intramolecular Hbond substituents is 3. The molecule has 0 bridgehead atoms. The van der Waals surface area contributed by atoms with Crippen LogP contribution in [0.3, 0.4) is 0 Å². The summed E-state index contributed by atoms with van der Waals surface area (Å²) in [4.78, 5) is 0. The Balaban J connectivity index is 2.71. The zero-order valence-corrected chi connectivity index (χ0v) is 10.7. The van der Waals surface area contributed by atoms with E-state index in [1.165, 1.54) is 11.6 Å². The second-order valence-electron chi connectivity index (χ2n) is 4.51. The van der Waals surface area contributed by atoms with Crippen molar-refractivity contribution in [3.63, 3.8) is 0 Å². The molecule has 0 radical (unpaired) electrons. The lowest BCUT2D eigenvalue weighted by Gasteiger charge is -2.13. The summed E-state index contributed by atoms with van der Waals surface area (Å²) in [7, 11) is 0. The molecule has 18 heavy (non-hydrogen) atoms. The first-order valence-corrected chi connectivity index (χ1v) is 5.74. The summed E-state index contributed by atoms with van der Waals surface area (Å²) in [6.45, 7) is 6.02. The van der Waals surface area contributed by atoms with Crippen LogP contribution >= 0.6 is 0 Å². The van der Waals surface area contributed by atoms with Gasteiger partial charge in [0.15, 0.2) is 11.5 Å². The van der Waals surface area contributed by atoms with Gasteiger partial charge in [0.25, 0.3) is 0 Å². The van der Waals surface area contributed by atoms with Crippen molar-refractivity contribution in [2.75, 3.05) is 0 Å². The van der Waals surface area contributed by atoms with Crippen molar-refractivity contribution in [1.82, 2.24) is 0 Å². The molecule has 2 aromatic rings. The van der Waals surface area contributed by atoms with Crippen LogP contribution in [-0.2, 0) is 0 Å². The Morgan fingerprint density at radius 1 is 0.667 bits per heavy atom. The fraction of sp³-hybridized carbons (Fsp3) is 0.200. The van der Waals surface area contributed by atoms with Crippen LogP contribution in [0.5, 0.6) is 17.2 Å². The number of hydrogen-bond acceptors (Lipinski definition) is 3. The second kappa shape index (κ2) is 4.26. The maximum Gasteiger partial charge on any atom is 0.200 e. The summed E-state index contributed by atoms with van der Waals surface area (Å²) in [5.41, 5.74) is 4.75. The van der Waals surface area contributed by atoms with Crippen molar-refractivity contribution in [3.8, 4) is 28.4 Å². The third kappa shape index (κ3) is 1.78. The maximum absolute atomic E-state index is 9.91. The highest BCUT2D eigenvalue weighted by molar-refractivity contribution is 5.78. The van der Waals surface area contributed by atoms with Gasteiger partial charge in [-0.25, -0.2) is 0 Å². The van der Waals surface area contributed by atoms with E-state index in [0.717, 1.165) is 16.7 Å². The summed E-state index contributed by atoms with van der Waals surface area (Å²) in [5, 5.41) is 28.8. The zero-order valence-electron chi connectivity index (χ0n) is 10.7. The first kappa shape index (κ1) is 12.3. The van der Waals surface area contributed by atoms with Crippen LogP contribution in [0.2, 0.25) is 0 Å². The number of aromatic hydroxyl groups is 3. The molecule has 0 fully saturated rings. The lowest BCUT2D eigenvalue weighted by molar-refractivity contribution is 0.369. The van der Waals surface area contributed by atoms with Crippen molar-refractivity contribution >= 4 is 0 Å². The van der Waals surface area contributed by atoms with Gasteiger partial charge in [-0.15, -0.1) is 0 Å². The van der Waals surface area contributed by atoms with Gasteiger partial charge in [-0.1, -0.05) is 12.1 Å². The number of aryl methyl sites for hydroxylation is 1. The summed E-state index contributed by atoms with van der Waals surface area (Å²) < 4.78 is 0. The Kier molecular flexibility index (Phi) is 2.91. The fourth-order valence-corrected chi connectivity index (χ4v) is 2.03. The van der Waals surface area contributed by atoms with Crippen molar-refractivity contribution in [2.45, 2.75) is 20.8 Å². The number of benzene rings is 2. The Bertz CT molecular complexity index is 560. The third-order valence-electron chi connectivity index (χ3n) is 3.48. The van der Waals surface area contributed by atoms with Crippen molar-refractivity contribution in [3.05, 3.63) is 41.0 Å². The molecule has 0 spiro atoms. The molecule has 2 rings (SSSR count). The lowest BCUT2D eigenvalue weighted by Crippen LogP contribution is -1.91. The van der Waals surface area contributed by atoms with E-state index in [2.05, 4.69) is 0 Å². The van der Waals surface area contributed by atoms with E-state index in [1.54, 1.807) is 6.07 Å². The molecule has 94 valence electrons. The molecule has 0 saturated carbocycles. The highest BCUT2D eigenvalue weighted by atomic mass is 16.3. The smallest absolute Gasteiger partial charge is 0.200 e. The fourth-order valence-electron chi connectivity index (χ4n) is 2.03. The quantitative estimate of drug-likeness (QED) is 0.674. The molecular weight excluding hydrogens is 228 g/mol. The van der Waals surface area contributed by atoms with Gasteiger partial charge in [-0.05, 0) is 55.2 Å². The lowest BCUT2D eigenvalue weighted by atomic mass is 9.93. The number of rotatable bonds is 1. The minimum atomic E-state index is -0.481. The predicted octanol–water partition coefficient (Wildman–Crippen LogP) is 3.40. The monoisotopic (exact) mass is 244 g/mol. The SMILES string of the molecule is Cc1ccc(-c2ccc(O)c(O)c2O)c(C)c1C. The zero-order chi connectivity index (χ0) is 13.4. The molecule has 3 N–H and O–H groups in total. The summed E-state index contributed by atoms with van der Waals surface area (Å²) in [5.74, 6) is -1.09. The van der Waals surface area contributed by atoms with Gasteiger partial charge in [0, 0.05) is 5.56 Å². The number of hydrogen-bond donors (Lipinski definition) is 3. The number of phenols is 3. The van der Waals surface area contributed by atoms with Crippen LogP contribution < -0.4 is 0 Å². The molecule has 0 amide bonds. The van der Waals surface area contributed by atoms with Crippen LogP contribution in [0.1, 0.15) is 16.7 Å². The van der Waals surface area contributed by atoms with E-state index in [4.69, 9.17) is 0 Å². The van der Waals surface area contributed by atoms with Crippen molar-refractivity contribution < 1.29 is 15.3 Å². The van der Waals surface area contributed by atoms with Gasteiger partial charge >= 0.3 is 0 Å². The highest BCUT2D eigenvalue weighted by Gasteiger charge is 2.15. The summed E-state index contributed by atoms with van der Waals surface area (Å²) >= 11 is 0. The molecule has 0 heterocycles. The molecule has 0 atom stereocenters. The van der Waals surface area contributed by atoms with E-state index >= 15 is 0 Å². The minimum absolute atomic E-state index is 0.290. The van der Waals surface area contributed by atoms with Crippen LogP contribution in [0.4, 0.5) is 0 Å². The van der Waals surface area contributed by atoms with E-state index in [9.17, 15) is 15.3 Å². The van der Waals surface area contributed by atoms with E-state index < -0.39 is 5.75 Å². The van der Waals surface area contributed by atoms with E-state index in [-0.39, 0.29) is 11.5 Å². The standard InChI is InChI=1S/C15H16O3/c1-8-4-5-11(10(3)9(8)2)12-6-7-13(16)15(18)14(12)17/h4-7,16-18H,1-3H3. The van der Waals surface area contributed by atoms with Crippen LogP contribution in [0.15, 0.2) is 24.3 Å². The molecular formula is C15H16O3. The van der Waals surface area contributed by atoms with Crippen molar-refractivity contribution in [2.24, 2.45) is 0 Å². The van der Waals surface area contributed by atoms with E-state index in [0.29, 0.717) is 5.56 Å². The normalized spacial score (nSPS) is 10.6. The Hall–Kier alpha value is -2.16. The van der Waals surface area contributed by atoms with Gasteiger partial charge in [0.1, 0.15) is 0 Å². The topological polar surface area (TPSA) is 60.7 Å². The average molecular weight is 244 g/mol. The Morgan fingerprint density at radius 2 is 1.28 bits per heavy atom. The van der Waals surface area contributed by atoms with Gasteiger partial charge in [-0.2, -0.15) is 0 Å². The van der Waals surface area contributed by atoms with Gasteiger partial charge in [-0.3, -0.25) is 0 Å². The van der Waals surface area contributed by atoms with E-state index in [1.807, 2.05) is 32.9 Å². The third-order valence-corrected chi connectivity index (χ3v) is 3.48.